The van der Waals surface area contributed by atoms with E-state index in [0.717, 1.165) is 4.57 Å². The lowest BCUT2D eigenvalue weighted by atomic mass is 10.1. The molecule has 0 unspecified atom stereocenters. The Morgan fingerprint density at radius 2 is 1.88 bits per heavy atom. The molecule has 0 spiro atoms. The Kier molecular flexibility index (Phi) is 4.22. The summed E-state index contributed by atoms with van der Waals surface area (Å²) in [6, 6.07) is 5.29. The van der Waals surface area contributed by atoms with Crippen LogP contribution in [0.3, 0.4) is 0 Å². The molecular formula is C16H17N5O4. The number of ether oxygens (including phenoxy) is 2. The fraction of sp³-hybridized carbons (Fsp3) is 0.312. The summed E-state index contributed by atoms with van der Waals surface area (Å²) in [5.41, 5.74) is -0.532. The average Bonchev–Trinajstić information content (AvgIpc) is 2.64. The summed E-state index contributed by atoms with van der Waals surface area (Å²) in [7, 11) is 4.41. The number of nitrogens with zero attached hydrogens (tertiary/aromatic N) is 5. The number of aromatic nitrogens is 5. The van der Waals surface area contributed by atoms with Gasteiger partial charge in [0.05, 0.1) is 19.8 Å². The van der Waals surface area contributed by atoms with Gasteiger partial charge in [0.15, 0.2) is 28.8 Å². The van der Waals surface area contributed by atoms with Crippen LogP contribution < -0.4 is 20.7 Å². The van der Waals surface area contributed by atoms with E-state index in [9.17, 15) is 9.59 Å². The largest absolute Gasteiger partial charge is 0.493 e. The van der Waals surface area contributed by atoms with Crippen molar-refractivity contribution in [3.8, 4) is 34.4 Å². The molecule has 0 aliphatic carbocycles. The van der Waals surface area contributed by atoms with Gasteiger partial charge in [0.1, 0.15) is 0 Å². The van der Waals surface area contributed by atoms with Crippen molar-refractivity contribution < 1.29 is 9.47 Å². The number of hydrogen-bond donors (Lipinski definition) is 0. The van der Waals surface area contributed by atoms with E-state index in [0.29, 0.717) is 23.6 Å². The number of rotatable bonds is 4. The van der Waals surface area contributed by atoms with Crippen LogP contribution in [0.5, 0.6) is 11.5 Å². The van der Waals surface area contributed by atoms with Crippen LogP contribution in [-0.2, 0) is 13.6 Å². The van der Waals surface area contributed by atoms with E-state index in [1.165, 1.54) is 25.9 Å². The van der Waals surface area contributed by atoms with E-state index in [4.69, 9.17) is 9.47 Å². The van der Waals surface area contributed by atoms with E-state index in [2.05, 4.69) is 15.1 Å². The Labute approximate surface area is 142 Å². The first-order chi connectivity index (χ1) is 12.0. The Hall–Kier alpha value is -3.23. The highest BCUT2D eigenvalue weighted by atomic mass is 16.5. The summed E-state index contributed by atoms with van der Waals surface area (Å²) < 4.78 is 13.1. The molecular weight excluding hydrogens is 326 g/mol. The summed E-state index contributed by atoms with van der Waals surface area (Å²) in [6.07, 6.45) is 0. The molecule has 0 saturated heterocycles. The molecule has 1 aromatic rings. The second-order valence-corrected chi connectivity index (χ2v) is 5.22. The number of fused-ring (bicyclic) bond motifs is 1. The third kappa shape index (κ3) is 2.63. The third-order valence-corrected chi connectivity index (χ3v) is 3.83. The van der Waals surface area contributed by atoms with Crippen molar-refractivity contribution in [3.63, 3.8) is 0 Å². The fourth-order valence-electron chi connectivity index (χ4n) is 2.53. The minimum Gasteiger partial charge on any atom is -0.493 e. The number of para-hydroxylation sites is 1. The molecule has 0 bridgehead atoms. The Morgan fingerprint density at radius 1 is 1.12 bits per heavy atom. The number of benzene rings is 1. The van der Waals surface area contributed by atoms with Gasteiger partial charge < -0.3 is 9.47 Å². The number of methoxy groups -OCH3 is 2. The van der Waals surface area contributed by atoms with E-state index in [-0.39, 0.29) is 17.3 Å². The molecule has 1 aromatic carbocycles. The van der Waals surface area contributed by atoms with Gasteiger partial charge in [0, 0.05) is 13.6 Å². The highest BCUT2D eigenvalue weighted by molar-refractivity contribution is 5.70. The number of aryl methyl sites for hydroxylation is 1. The van der Waals surface area contributed by atoms with Crippen LogP contribution >= 0.6 is 0 Å². The lowest BCUT2D eigenvalue weighted by molar-refractivity contribution is 0.356. The van der Waals surface area contributed by atoms with Crippen LogP contribution in [0, 0.1) is 0 Å². The summed E-state index contributed by atoms with van der Waals surface area (Å²) in [5.74, 6) is 1.41. The first-order valence-electron chi connectivity index (χ1n) is 7.59. The minimum absolute atomic E-state index is 0.0684. The zero-order valence-electron chi connectivity index (χ0n) is 14.3. The molecule has 2 aliphatic rings. The highest BCUT2D eigenvalue weighted by Gasteiger charge is 2.22. The molecule has 2 aliphatic heterocycles. The van der Waals surface area contributed by atoms with Crippen molar-refractivity contribution >= 4 is 0 Å². The SMILES string of the molecule is CCn1nc(-c2cccc(OC)c2OC)nc2c(=O)n(C)c(=O)nc1-2. The molecule has 2 heterocycles. The van der Waals surface area contributed by atoms with Gasteiger partial charge >= 0.3 is 5.69 Å². The van der Waals surface area contributed by atoms with Gasteiger partial charge in [-0.1, -0.05) is 6.07 Å². The monoisotopic (exact) mass is 343 g/mol. The second-order valence-electron chi connectivity index (χ2n) is 5.22. The van der Waals surface area contributed by atoms with Crippen molar-refractivity contribution in [3.05, 3.63) is 39.0 Å². The van der Waals surface area contributed by atoms with E-state index >= 15 is 0 Å². The van der Waals surface area contributed by atoms with Crippen molar-refractivity contribution in [2.45, 2.75) is 13.5 Å². The molecule has 0 saturated carbocycles. The second kappa shape index (κ2) is 6.34. The summed E-state index contributed by atoms with van der Waals surface area (Å²) >= 11 is 0. The van der Waals surface area contributed by atoms with Crippen molar-refractivity contribution in [1.82, 2.24) is 24.3 Å². The maximum atomic E-state index is 12.4. The summed E-state index contributed by atoms with van der Waals surface area (Å²) in [5, 5.41) is 4.41. The lowest BCUT2D eigenvalue weighted by Gasteiger charge is -2.15. The normalized spacial score (nSPS) is 10.9. The van der Waals surface area contributed by atoms with E-state index in [1.807, 2.05) is 6.92 Å². The standard InChI is InChI=1S/C16H17N5O4/c1-5-21-14-11(15(22)20(2)16(23)18-14)17-13(19-21)9-7-6-8-10(24-3)12(9)25-4/h6-8H,5H2,1-4H3. The van der Waals surface area contributed by atoms with Gasteiger partial charge in [-0.25, -0.2) is 14.5 Å². The maximum Gasteiger partial charge on any atom is 0.352 e. The van der Waals surface area contributed by atoms with Gasteiger partial charge in [-0.3, -0.25) is 9.36 Å². The van der Waals surface area contributed by atoms with Crippen molar-refractivity contribution in [2.75, 3.05) is 14.2 Å². The topological polar surface area (TPSA) is 101 Å². The zero-order chi connectivity index (χ0) is 18.1. The molecule has 0 radical (unpaired) electrons. The van der Waals surface area contributed by atoms with Gasteiger partial charge in [0.2, 0.25) is 0 Å². The number of hydrogen-bond acceptors (Lipinski definition) is 7. The molecule has 0 N–H and O–H groups in total. The average molecular weight is 343 g/mol. The predicted molar refractivity (Wildman–Crippen MR) is 90.2 cm³/mol. The molecule has 0 aromatic heterocycles. The molecule has 0 fully saturated rings. The van der Waals surface area contributed by atoms with Crippen LogP contribution in [0.15, 0.2) is 27.8 Å². The van der Waals surface area contributed by atoms with Crippen LogP contribution in [0.1, 0.15) is 6.92 Å². The van der Waals surface area contributed by atoms with Gasteiger partial charge in [-0.2, -0.15) is 10.1 Å². The molecule has 130 valence electrons. The lowest BCUT2D eigenvalue weighted by Crippen LogP contribution is -2.37. The Morgan fingerprint density at radius 3 is 2.52 bits per heavy atom. The molecule has 9 heteroatoms. The fourth-order valence-corrected chi connectivity index (χ4v) is 2.53. The first kappa shape index (κ1) is 16.6. The minimum atomic E-state index is -0.644. The Bertz CT molecular complexity index is 1020. The summed E-state index contributed by atoms with van der Waals surface area (Å²) in [4.78, 5) is 32.5. The first-order valence-corrected chi connectivity index (χ1v) is 7.59. The van der Waals surface area contributed by atoms with Crippen LogP contribution in [0.2, 0.25) is 0 Å². The molecule has 0 amide bonds. The Balaban J connectivity index is 2.38. The molecule has 3 rings (SSSR count). The van der Waals surface area contributed by atoms with Crippen LogP contribution in [0.4, 0.5) is 0 Å². The quantitative estimate of drug-likeness (QED) is 0.681. The maximum absolute atomic E-state index is 12.4. The molecule has 0 atom stereocenters. The highest BCUT2D eigenvalue weighted by Crippen LogP contribution is 2.36. The van der Waals surface area contributed by atoms with Crippen molar-refractivity contribution in [2.24, 2.45) is 7.05 Å². The summed E-state index contributed by atoms with van der Waals surface area (Å²) in [6.45, 7) is 2.25. The van der Waals surface area contributed by atoms with E-state index < -0.39 is 11.2 Å². The van der Waals surface area contributed by atoms with Gasteiger partial charge in [-0.05, 0) is 19.1 Å². The van der Waals surface area contributed by atoms with Crippen molar-refractivity contribution in [1.29, 1.82) is 0 Å². The van der Waals surface area contributed by atoms with Crippen LogP contribution in [-0.4, -0.2) is 38.5 Å². The van der Waals surface area contributed by atoms with Crippen LogP contribution in [0.25, 0.3) is 22.9 Å². The zero-order valence-corrected chi connectivity index (χ0v) is 14.3. The smallest absolute Gasteiger partial charge is 0.352 e. The predicted octanol–water partition coefficient (Wildman–Crippen LogP) is 0.541. The van der Waals surface area contributed by atoms with Gasteiger partial charge in [0.25, 0.3) is 5.56 Å². The third-order valence-electron chi connectivity index (χ3n) is 3.83. The molecule has 25 heavy (non-hydrogen) atoms. The van der Waals surface area contributed by atoms with E-state index in [1.54, 1.807) is 18.2 Å². The van der Waals surface area contributed by atoms with Gasteiger partial charge in [-0.15, -0.1) is 0 Å². The molecule has 9 nitrogen and oxygen atoms in total.